The molecule has 1 atom stereocenters. The lowest BCUT2D eigenvalue weighted by Gasteiger charge is -2.16. The van der Waals surface area contributed by atoms with Gasteiger partial charge in [-0.15, -0.1) is 0 Å². The summed E-state index contributed by atoms with van der Waals surface area (Å²) in [5.74, 6) is -0.213. The number of rotatable bonds is 5. The number of hydrogen-bond acceptors (Lipinski definition) is 1. The molecular weight excluding hydrogens is 339 g/mol. The van der Waals surface area contributed by atoms with Gasteiger partial charge in [-0.2, -0.15) is 13.2 Å². The molecule has 2 aromatic rings. The molecular formula is C18H17ClF3NO. The first-order valence-corrected chi connectivity index (χ1v) is 7.84. The van der Waals surface area contributed by atoms with Crippen LogP contribution in [0.5, 0.6) is 0 Å². The Morgan fingerprint density at radius 1 is 1.17 bits per heavy atom. The van der Waals surface area contributed by atoms with Crippen molar-refractivity contribution in [2.45, 2.75) is 32.0 Å². The van der Waals surface area contributed by atoms with Gasteiger partial charge < -0.3 is 5.32 Å². The maximum Gasteiger partial charge on any atom is 0.416 e. The van der Waals surface area contributed by atoms with Gasteiger partial charge in [0.15, 0.2) is 0 Å². The third kappa shape index (κ3) is 5.27. The molecule has 0 aromatic heterocycles. The minimum Gasteiger partial charge on any atom is -0.350 e. The number of benzene rings is 2. The van der Waals surface area contributed by atoms with Crippen molar-refractivity contribution in [1.82, 2.24) is 5.32 Å². The summed E-state index contributed by atoms with van der Waals surface area (Å²) in [4.78, 5) is 12.0. The van der Waals surface area contributed by atoms with Crippen molar-refractivity contribution in [3.8, 4) is 0 Å². The average molecular weight is 356 g/mol. The fourth-order valence-electron chi connectivity index (χ4n) is 2.29. The fraction of sp³-hybridized carbons (Fsp3) is 0.278. The summed E-state index contributed by atoms with van der Waals surface area (Å²) in [6.07, 6.45) is -3.60. The lowest BCUT2D eigenvalue weighted by atomic mass is 10.0. The molecule has 0 saturated heterocycles. The summed E-state index contributed by atoms with van der Waals surface area (Å²) >= 11 is 5.80. The van der Waals surface area contributed by atoms with Crippen molar-refractivity contribution >= 4 is 17.5 Å². The smallest absolute Gasteiger partial charge is 0.350 e. The van der Waals surface area contributed by atoms with Crippen molar-refractivity contribution in [3.63, 3.8) is 0 Å². The first kappa shape index (κ1) is 18.3. The lowest BCUT2D eigenvalue weighted by molar-refractivity contribution is -0.137. The van der Waals surface area contributed by atoms with Crippen LogP contribution >= 0.6 is 11.6 Å². The highest BCUT2D eigenvalue weighted by molar-refractivity contribution is 6.30. The van der Waals surface area contributed by atoms with Crippen LogP contribution in [-0.2, 0) is 17.4 Å². The molecule has 1 unspecified atom stereocenters. The van der Waals surface area contributed by atoms with Gasteiger partial charge in [-0.3, -0.25) is 4.79 Å². The molecule has 0 heterocycles. The van der Waals surface area contributed by atoms with Crippen LogP contribution in [0.15, 0.2) is 48.5 Å². The van der Waals surface area contributed by atoms with Gasteiger partial charge in [0.25, 0.3) is 0 Å². The molecule has 0 aliphatic rings. The topological polar surface area (TPSA) is 29.1 Å². The van der Waals surface area contributed by atoms with Gasteiger partial charge >= 0.3 is 6.18 Å². The van der Waals surface area contributed by atoms with Crippen molar-refractivity contribution < 1.29 is 18.0 Å². The zero-order valence-corrected chi connectivity index (χ0v) is 13.8. The number of alkyl halides is 3. The molecule has 0 saturated carbocycles. The molecule has 0 radical (unpaired) electrons. The van der Waals surface area contributed by atoms with Crippen LogP contribution in [0.2, 0.25) is 5.02 Å². The van der Waals surface area contributed by atoms with E-state index in [0.29, 0.717) is 17.0 Å². The maximum atomic E-state index is 12.7. The number of hydrogen-bond donors (Lipinski definition) is 1. The molecule has 2 nitrogen and oxygen atoms in total. The molecule has 128 valence electrons. The standard InChI is InChI=1S/C18H17ClF3NO/c1-12(14-3-2-4-15(11-14)18(20,21)22)23-17(24)10-7-13-5-8-16(19)9-6-13/h2-6,8-9,11-12H,7,10H2,1H3,(H,23,24). The highest BCUT2D eigenvalue weighted by Gasteiger charge is 2.30. The van der Waals surface area contributed by atoms with Crippen LogP contribution in [0, 0.1) is 0 Å². The number of carbonyl (C=O) groups is 1. The second-order valence-electron chi connectivity index (χ2n) is 5.54. The Morgan fingerprint density at radius 2 is 1.83 bits per heavy atom. The molecule has 24 heavy (non-hydrogen) atoms. The highest BCUT2D eigenvalue weighted by Crippen LogP contribution is 2.30. The number of amides is 1. The van der Waals surface area contributed by atoms with E-state index in [1.54, 1.807) is 25.1 Å². The molecule has 1 N–H and O–H groups in total. The summed E-state index contributed by atoms with van der Waals surface area (Å²) in [5, 5.41) is 3.35. The van der Waals surface area contributed by atoms with Gasteiger partial charge in [0.2, 0.25) is 5.91 Å². The maximum absolute atomic E-state index is 12.7. The normalized spacial score (nSPS) is 12.7. The summed E-state index contributed by atoms with van der Waals surface area (Å²) in [5.41, 5.74) is 0.674. The summed E-state index contributed by atoms with van der Waals surface area (Å²) in [7, 11) is 0. The number of halogens is 4. The molecule has 0 aliphatic heterocycles. The summed E-state index contributed by atoms with van der Waals surface area (Å²) in [6.45, 7) is 1.66. The molecule has 0 bridgehead atoms. The van der Waals surface area contributed by atoms with E-state index < -0.39 is 17.8 Å². The first-order valence-electron chi connectivity index (χ1n) is 7.46. The van der Waals surface area contributed by atoms with Gasteiger partial charge in [-0.05, 0) is 48.7 Å². The summed E-state index contributed by atoms with van der Waals surface area (Å²) < 4.78 is 38.2. The van der Waals surface area contributed by atoms with E-state index in [4.69, 9.17) is 11.6 Å². The molecule has 1 amide bonds. The third-order valence-electron chi connectivity index (χ3n) is 3.65. The zero-order valence-electron chi connectivity index (χ0n) is 13.0. The number of carbonyl (C=O) groups excluding carboxylic acids is 1. The van der Waals surface area contributed by atoms with E-state index in [-0.39, 0.29) is 12.3 Å². The van der Waals surface area contributed by atoms with E-state index in [1.807, 2.05) is 12.1 Å². The van der Waals surface area contributed by atoms with E-state index in [0.717, 1.165) is 17.7 Å². The van der Waals surface area contributed by atoms with Gasteiger partial charge in [0.05, 0.1) is 11.6 Å². The van der Waals surface area contributed by atoms with Crippen LogP contribution < -0.4 is 5.32 Å². The van der Waals surface area contributed by atoms with Crippen LogP contribution in [0.1, 0.15) is 36.1 Å². The van der Waals surface area contributed by atoms with Crippen LogP contribution in [-0.4, -0.2) is 5.91 Å². The van der Waals surface area contributed by atoms with Crippen molar-refractivity contribution in [2.24, 2.45) is 0 Å². The summed E-state index contributed by atoms with van der Waals surface area (Å²) in [6, 6.07) is 11.7. The Balaban J connectivity index is 1.92. The first-order chi connectivity index (χ1) is 11.3. The number of nitrogens with one attached hydrogen (secondary N) is 1. The number of aryl methyl sites for hydroxylation is 1. The third-order valence-corrected chi connectivity index (χ3v) is 3.90. The van der Waals surface area contributed by atoms with Crippen LogP contribution in [0.3, 0.4) is 0 Å². The van der Waals surface area contributed by atoms with E-state index in [1.165, 1.54) is 6.07 Å². The Kier molecular flexibility index (Phi) is 5.89. The Labute approximate surface area is 143 Å². The second kappa shape index (κ2) is 7.71. The minimum atomic E-state index is -4.39. The Morgan fingerprint density at radius 3 is 2.46 bits per heavy atom. The van der Waals surface area contributed by atoms with E-state index >= 15 is 0 Å². The predicted molar refractivity (Wildman–Crippen MR) is 87.8 cm³/mol. The van der Waals surface area contributed by atoms with Gasteiger partial charge in [-0.25, -0.2) is 0 Å². The van der Waals surface area contributed by atoms with E-state index in [9.17, 15) is 18.0 Å². The SMILES string of the molecule is CC(NC(=O)CCc1ccc(Cl)cc1)c1cccc(C(F)(F)F)c1. The lowest BCUT2D eigenvalue weighted by Crippen LogP contribution is -2.27. The van der Waals surface area contributed by atoms with Crippen molar-refractivity contribution in [3.05, 3.63) is 70.2 Å². The van der Waals surface area contributed by atoms with Gasteiger partial charge in [0.1, 0.15) is 0 Å². The second-order valence-corrected chi connectivity index (χ2v) is 5.98. The Bertz CT molecular complexity index is 698. The molecule has 6 heteroatoms. The van der Waals surface area contributed by atoms with Crippen LogP contribution in [0.4, 0.5) is 13.2 Å². The molecule has 2 aromatic carbocycles. The van der Waals surface area contributed by atoms with Crippen molar-refractivity contribution in [1.29, 1.82) is 0 Å². The minimum absolute atomic E-state index is 0.213. The molecule has 0 spiro atoms. The van der Waals surface area contributed by atoms with E-state index in [2.05, 4.69) is 5.32 Å². The van der Waals surface area contributed by atoms with Crippen molar-refractivity contribution in [2.75, 3.05) is 0 Å². The molecule has 0 fully saturated rings. The van der Waals surface area contributed by atoms with Gasteiger partial charge in [0, 0.05) is 11.4 Å². The van der Waals surface area contributed by atoms with Gasteiger partial charge in [-0.1, -0.05) is 35.9 Å². The van der Waals surface area contributed by atoms with Crippen LogP contribution in [0.25, 0.3) is 0 Å². The highest BCUT2D eigenvalue weighted by atomic mass is 35.5. The predicted octanol–water partition coefficient (Wildman–Crippen LogP) is 5.17. The largest absolute Gasteiger partial charge is 0.416 e. The quantitative estimate of drug-likeness (QED) is 0.787. The molecule has 0 aliphatic carbocycles. The fourth-order valence-corrected chi connectivity index (χ4v) is 2.42. The Hall–Kier alpha value is -2.01. The monoisotopic (exact) mass is 355 g/mol. The zero-order chi connectivity index (χ0) is 17.7. The molecule has 2 rings (SSSR count). The average Bonchev–Trinajstić information content (AvgIpc) is 2.53.